The summed E-state index contributed by atoms with van der Waals surface area (Å²) in [5, 5.41) is 0. The third kappa shape index (κ3) is 4.56. The molecule has 1 aromatic heterocycles. The molecule has 6 nitrogen and oxygen atoms in total. The van der Waals surface area contributed by atoms with E-state index in [9.17, 15) is 13.8 Å². The molecule has 0 fully saturated rings. The van der Waals surface area contributed by atoms with Crippen LogP contribution in [0.15, 0.2) is 48.7 Å². The molecule has 0 saturated carbocycles. The molecule has 2 unspecified atom stereocenters. The van der Waals surface area contributed by atoms with E-state index >= 15 is 0 Å². The summed E-state index contributed by atoms with van der Waals surface area (Å²) in [6.45, 7) is 1.83. The number of ketones is 1. The molecule has 2 aromatic rings. The van der Waals surface area contributed by atoms with Crippen LogP contribution in [0.1, 0.15) is 34.5 Å². The Labute approximate surface area is 142 Å². The summed E-state index contributed by atoms with van der Waals surface area (Å²) >= 11 is -1.95. The van der Waals surface area contributed by atoms with Gasteiger partial charge >= 0.3 is 5.97 Å². The molecular formula is C17H17NO5S. The molecule has 0 spiro atoms. The maximum atomic E-state index is 12.7. The summed E-state index contributed by atoms with van der Waals surface area (Å²) in [6.07, 6.45) is 1.51. The predicted molar refractivity (Wildman–Crippen MR) is 88.9 cm³/mol. The molecule has 1 heterocycles. The van der Waals surface area contributed by atoms with Gasteiger partial charge in [-0.25, -0.2) is 4.21 Å². The van der Waals surface area contributed by atoms with Crippen molar-refractivity contribution in [2.45, 2.75) is 18.6 Å². The van der Waals surface area contributed by atoms with Gasteiger partial charge < -0.3 is 9.29 Å². The number of benzene rings is 1. The van der Waals surface area contributed by atoms with E-state index in [1.807, 2.05) is 0 Å². The van der Waals surface area contributed by atoms with Crippen molar-refractivity contribution >= 4 is 22.8 Å². The average Bonchev–Trinajstić information content (AvgIpc) is 2.56. The van der Waals surface area contributed by atoms with Crippen molar-refractivity contribution in [1.29, 1.82) is 0 Å². The van der Waals surface area contributed by atoms with Gasteiger partial charge in [0.05, 0.1) is 18.1 Å². The zero-order valence-corrected chi connectivity index (χ0v) is 13.9. The van der Waals surface area contributed by atoms with Crippen LogP contribution in [-0.2, 0) is 26.4 Å². The highest BCUT2D eigenvalue weighted by Gasteiger charge is 2.31. The Morgan fingerprint density at radius 1 is 1.21 bits per heavy atom. The van der Waals surface area contributed by atoms with Crippen molar-refractivity contribution in [3.63, 3.8) is 0 Å². The van der Waals surface area contributed by atoms with E-state index in [4.69, 9.17) is 9.29 Å². The van der Waals surface area contributed by atoms with Gasteiger partial charge in [0.1, 0.15) is 0 Å². The van der Waals surface area contributed by atoms with E-state index in [2.05, 4.69) is 4.98 Å². The molecule has 1 aromatic carbocycles. The SMILES string of the molecule is CCOC(=O)C(C(=O)c1ccc(CS(=O)O)cc1)c1ccccn1. The van der Waals surface area contributed by atoms with Gasteiger partial charge in [0.2, 0.25) is 0 Å². The fraction of sp³-hybridized carbons (Fsp3) is 0.235. The van der Waals surface area contributed by atoms with E-state index < -0.39 is 28.8 Å². The van der Waals surface area contributed by atoms with Gasteiger partial charge in [-0.1, -0.05) is 30.3 Å². The third-order valence-electron chi connectivity index (χ3n) is 3.30. The second kappa shape index (κ2) is 8.47. The Hall–Kier alpha value is -2.38. The lowest BCUT2D eigenvalue weighted by atomic mass is 9.93. The van der Waals surface area contributed by atoms with Crippen molar-refractivity contribution < 1.29 is 23.1 Å². The van der Waals surface area contributed by atoms with E-state index in [1.54, 1.807) is 37.3 Å². The van der Waals surface area contributed by atoms with Gasteiger partial charge in [0.15, 0.2) is 22.8 Å². The number of aromatic nitrogens is 1. The average molecular weight is 347 g/mol. The van der Waals surface area contributed by atoms with Crippen LogP contribution in [0, 0.1) is 0 Å². The number of Topliss-reactive ketones (excluding diaryl/α,β-unsaturated/α-hetero) is 1. The number of pyridine rings is 1. The highest BCUT2D eigenvalue weighted by molar-refractivity contribution is 7.78. The molecular weight excluding hydrogens is 330 g/mol. The second-order valence-corrected chi connectivity index (χ2v) is 5.90. The van der Waals surface area contributed by atoms with E-state index in [0.29, 0.717) is 16.8 Å². The Kier molecular flexibility index (Phi) is 6.34. The van der Waals surface area contributed by atoms with Gasteiger partial charge in [-0.3, -0.25) is 14.6 Å². The van der Waals surface area contributed by atoms with Crippen molar-refractivity contribution in [3.05, 3.63) is 65.5 Å². The molecule has 24 heavy (non-hydrogen) atoms. The lowest BCUT2D eigenvalue weighted by Crippen LogP contribution is -2.25. The summed E-state index contributed by atoms with van der Waals surface area (Å²) in [5.41, 5.74) is 1.26. The van der Waals surface area contributed by atoms with E-state index in [0.717, 1.165) is 0 Å². The van der Waals surface area contributed by atoms with Crippen LogP contribution >= 0.6 is 0 Å². The molecule has 7 heteroatoms. The van der Waals surface area contributed by atoms with Gasteiger partial charge in [-0.2, -0.15) is 0 Å². The summed E-state index contributed by atoms with van der Waals surface area (Å²) in [7, 11) is 0. The molecule has 0 bridgehead atoms. The van der Waals surface area contributed by atoms with Gasteiger partial charge in [0, 0.05) is 11.8 Å². The Morgan fingerprint density at radius 3 is 2.46 bits per heavy atom. The highest BCUT2D eigenvalue weighted by atomic mass is 32.2. The monoisotopic (exact) mass is 347 g/mol. The first-order valence-corrected chi connectivity index (χ1v) is 8.58. The maximum absolute atomic E-state index is 12.7. The second-order valence-electron chi connectivity index (χ2n) is 4.97. The molecule has 0 radical (unpaired) electrons. The van der Waals surface area contributed by atoms with Crippen LogP contribution in [0.3, 0.4) is 0 Å². The van der Waals surface area contributed by atoms with Crippen LogP contribution in [0.4, 0.5) is 0 Å². The quantitative estimate of drug-likeness (QED) is 0.358. The zero-order valence-electron chi connectivity index (χ0n) is 13.0. The minimum Gasteiger partial charge on any atom is -0.465 e. The first-order valence-electron chi connectivity index (χ1n) is 7.31. The Morgan fingerprint density at radius 2 is 1.92 bits per heavy atom. The van der Waals surface area contributed by atoms with Crippen LogP contribution in [0.5, 0.6) is 0 Å². The molecule has 126 valence electrons. The predicted octanol–water partition coefficient (Wildman–Crippen LogP) is 2.33. The fourth-order valence-corrected chi connectivity index (χ4v) is 2.69. The summed E-state index contributed by atoms with van der Waals surface area (Å²) in [4.78, 5) is 29.1. The number of esters is 1. The minimum atomic E-state index is -1.95. The van der Waals surface area contributed by atoms with Crippen molar-refractivity contribution in [2.75, 3.05) is 6.61 Å². The smallest absolute Gasteiger partial charge is 0.323 e. The molecule has 1 N–H and O–H groups in total. The van der Waals surface area contributed by atoms with Crippen molar-refractivity contribution in [2.24, 2.45) is 0 Å². The summed E-state index contributed by atoms with van der Waals surface area (Å²) in [6, 6.07) is 11.2. The van der Waals surface area contributed by atoms with Gasteiger partial charge in [-0.05, 0) is 24.6 Å². The molecule has 2 rings (SSSR count). The lowest BCUT2D eigenvalue weighted by molar-refractivity contribution is -0.143. The highest BCUT2D eigenvalue weighted by Crippen LogP contribution is 2.21. The van der Waals surface area contributed by atoms with Crippen LogP contribution in [-0.4, -0.2) is 32.1 Å². The number of hydrogen-bond donors (Lipinski definition) is 1. The topological polar surface area (TPSA) is 93.6 Å². The molecule has 0 saturated heterocycles. The van der Waals surface area contributed by atoms with E-state index in [1.165, 1.54) is 18.3 Å². The standard InChI is InChI=1S/C17H17NO5S/c1-2-23-17(20)15(14-5-3-4-10-18-14)16(19)13-8-6-12(7-9-13)11-24(21)22/h3-10,15H,2,11H2,1H3,(H,21,22). The van der Waals surface area contributed by atoms with Gasteiger partial charge in [-0.15, -0.1) is 0 Å². The first kappa shape index (κ1) is 18.0. The molecule has 0 aliphatic rings. The number of carbonyl (C=O) groups is 2. The van der Waals surface area contributed by atoms with E-state index in [-0.39, 0.29) is 12.4 Å². The maximum Gasteiger partial charge on any atom is 0.323 e. The third-order valence-corrected chi connectivity index (χ3v) is 3.88. The fourth-order valence-electron chi connectivity index (χ4n) is 2.21. The number of carbonyl (C=O) groups excluding carboxylic acids is 2. The number of rotatable bonds is 7. The Bertz CT molecular complexity index is 730. The summed E-state index contributed by atoms with van der Waals surface area (Å²) < 4.78 is 24.7. The lowest BCUT2D eigenvalue weighted by Gasteiger charge is -2.14. The Balaban J connectivity index is 2.30. The first-order chi connectivity index (χ1) is 11.5. The normalized spacial score (nSPS) is 13.1. The molecule has 2 atom stereocenters. The van der Waals surface area contributed by atoms with Crippen LogP contribution < -0.4 is 0 Å². The van der Waals surface area contributed by atoms with Crippen molar-refractivity contribution in [1.82, 2.24) is 4.98 Å². The minimum absolute atomic E-state index is 0.0178. The number of ether oxygens (including phenoxy) is 1. The van der Waals surface area contributed by atoms with Gasteiger partial charge in [0.25, 0.3) is 0 Å². The molecule has 0 aliphatic heterocycles. The largest absolute Gasteiger partial charge is 0.465 e. The molecule has 0 amide bonds. The van der Waals surface area contributed by atoms with Crippen molar-refractivity contribution in [3.8, 4) is 0 Å². The zero-order chi connectivity index (χ0) is 17.5. The number of nitrogens with zero attached hydrogens (tertiary/aromatic N) is 1. The number of hydrogen-bond acceptors (Lipinski definition) is 5. The molecule has 0 aliphatic carbocycles. The summed E-state index contributed by atoms with van der Waals surface area (Å²) in [5.74, 6) is -2.23. The van der Waals surface area contributed by atoms with Crippen LogP contribution in [0.2, 0.25) is 0 Å². The van der Waals surface area contributed by atoms with Crippen LogP contribution in [0.25, 0.3) is 0 Å².